The van der Waals surface area contributed by atoms with E-state index in [0.29, 0.717) is 5.56 Å². The van der Waals surface area contributed by atoms with E-state index in [1.54, 1.807) is 24.3 Å². The minimum Gasteiger partial charge on any atom is -1.00 e. The Kier molecular flexibility index (Phi) is 10.3. The molecule has 6 heteroatoms. The molecule has 1 aromatic carbocycles. The number of carbonyl (C=O) groups is 2. The fraction of sp³-hybridized carbons (Fsp3) is 0.556. The number of esters is 2. The zero-order chi connectivity index (χ0) is 17.4. The summed E-state index contributed by atoms with van der Waals surface area (Å²) >= 11 is 0. The van der Waals surface area contributed by atoms with E-state index in [2.05, 4.69) is 0 Å². The van der Waals surface area contributed by atoms with Crippen molar-refractivity contribution in [2.45, 2.75) is 39.7 Å². The molecule has 0 aliphatic heterocycles. The number of hydrogen-bond donors (Lipinski definition) is 1. The van der Waals surface area contributed by atoms with Crippen LogP contribution in [0.5, 0.6) is 0 Å². The van der Waals surface area contributed by atoms with Crippen molar-refractivity contribution in [3.05, 3.63) is 35.9 Å². The van der Waals surface area contributed by atoms with Gasteiger partial charge >= 0.3 is 11.9 Å². The highest BCUT2D eigenvalue weighted by atomic mass is 35.5. The molecule has 1 aromatic rings. The highest BCUT2D eigenvalue weighted by Gasteiger charge is 2.34. The molecule has 5 nitrogen and oxygen atoms in total. The molecule has 0 radical (unpaired) electrons. The molecule has 136 valence electrons. The van der Waals surface area contributed by atoms with Crippen molar-refractivity contribution in [2.75, 3.05) is 13.2 Å². The van der Waals surface area contributed by atoms with Crippen molar-refractivity contribution in [3.63, 3.8) is 0 Å². The average Bonchev–Trinajstić information content (AvgIpc) is 2.51. The molecule has 24 heavy (non-hydrogen) atoms. The highest BCUT2D eigenvalue weighted by Crippen LogP contribution is 2.22. The lowest BCUT2D eigenvalue weighted by Crippen LogP contribution is -3.00. The summed E-state index contributed by atoms with van der Waals surface area (Å²) in [6.45, 7) is 8.32. The van der Waals surface area contributed by atoms with Gasteiger partial charge in [-0.2, -0.15) is 0 Å². The lowest BCUT2D eigenvalue weighted by Gasteiger charge is -2.22. The third kappa shape index (κ3) is 7.32. The summed E-state index contributed by atoms with van der Waals surface area (Å²) in [6, 6.07) is 7.86. The summed E-state index contributed by atoms with van der Waals surface area (Å²) in [4.78, 5) is 24.6. The van der Waals surface area contributed by atoms with Gasteiger partial charge in [-0.05, 0) is 17.4 Å². The minimum atomic E-state index is -1.09. The maximum absolute atomic E-state index is 12.4. The van der Waals surface area contributed by atoms with E-state index in [-0.39, 0.29) is 37.5 Å². The fourth-order valence-corrected chi connectivity index (χ4v) is 1.97. The summed E-state index contributed by atoms with van der Waals surface area (Å²) in [5.74, 6) is -1.55. The average molecular weight is 357 g/mol. The van der Waals surface area contributed by atoms with Gasteiger partial charge in [0.15, 0.2) is 0 Å². The monoisotopic (exact) mass is 356 g/mol. The zero-order valence-electron chi connectivity index (χ0n) is 14.7. The highest BCUT2D eigenvalue weighted by molar-refractivity contribution is 5.88. The second kappa shape index (κ2) is 11.0. The molecule has 0 bridgehead atoms. The van der Waals surface area contributed by atoms with Crippen LogP contribution in [0.1, 0.15) is 39.2 Å². The van der Waals surface area contributed by atoms with Crippen molar-refractivity contribution < 1.29 is 31.5 Å². The Balaban J connectivity index is 0.00000529. The topological polar surface area (TPSA) is 78.6 Å². The van der Waals surface area contributed by atoms with Crippen LogP contribution in [0, 0.1) is 11.8 Å². The van der Waals surface area contributed by atoms with Gasteiger partial charge in [-0.1, -0.05) is 58.0 Å². The molecule has 0 fully saturated rings. The second-order valence-electron chi connectivity index (χ2n) is 6.46. The summed E-state index contributed by atoms with van der Waals surface area (Å²) in [6.07, 6.45) is 0. The predicted molar refractivity (Wildman–Crippen MR) is 88.8 cm³/mol. The summed E-state index contributed by atoms with van der Waals surface area (Å²) in [7, 11) is 0. The molecule has 0 amide bonds. The lowest BCUT2D eigenvalue weighted by atomic mass is 9.92. The smallest absolute Gasteiger partial charge is 0.324 e. The Labute approximate surface area is 150 Å². The minimum absolute atomic E-state index is 0. The predicted octanol–water partition coefficient (Wildman–Crippen LogP) is -0.500. The molecule has 0 aliphatic rings. The Morgan fingerprint density at radius 1 is 0.917 bits per heavy atom. The van der Waals surface area contributed by atoms with Crippen molar-refractivity contribution in [3.8, 4) is 0 Å². The first-order valence-electron chi connectivity index (χ1n) is 7.96. The molecule has 0 heterocycles. The van der Waals surface area contributed by atoms with Crippen LogP contribution >= 0.6 is 0 Å². The van der Waals surface area contributed by atoms with Gasteiger partial charge in [0.2, 0.25) is 0 Å². The van der Waals surface area contributed by atoms with Gasteiger partial charge in [-0.25, -0.2) is 0 Å². The zero-order valence-corrected chi connectivity index (χ0v) is 15.5. The van der Waals surface area contributed by atoms with Crippen LogP contribution in [-0.4, -0.2) is 31.2 Å². The van der Waals surface area contributed by atoms with Gasteiger partial charge in [-0.3, -0.25) is 9.59 Å². The lowest BCUT2D eigenvalue weighted by molar-refractivity contribution is -0.154. The molecule has 0 aromatic heterocycles. The second-order valence-corrected chi connectivity index (χ2v) is 6.46. The third-order valence-electron chi connectivity index (χ3n) is 3.16. The van der Waals surface area contributed by atoms with E-state index in [4.69, 9.17) is 15.2 Å². The van der Waals surface area contributed by atoms with Gasteiger partial charge in [0, 0.05) is 0 Å². The van der Waals surface area contributed by atoms with Crippen molar-refractivity contribution >= 4 is 11.9 Å². The van der Waals surface area contributed by atoms with Crippen LogP contribution < -0.4 is 18.1 Å². The van der Waals surface area contributed by atoms with Crippen LogP contribution in [0.15, 0.2) is 30.3 Å². The van der Waals surface area contributed by atoms with Crippen LogP contribution in [0.2, 0.25) is 0 Å². The Morgan fingerprint density at radius 2 is 1.38 bits per heavy atom. The van der Waals surface area contributed by atoms with E-state index in [1.165, 1.54) is 0 Å². The normalized spacial score (nSPS) is 13.1. The van der Waals surface area contributed by atoms with Gasteiger partial charge in [0.25, 0.3) is 0 Å². The van der Waals surface area contributed by atoms with Crippen molar-refractivity contribution in [1.82, 2.24) is 0 Å². The SMILES string of the molecule is CC(C)COC(=O)C(N)C(C(=O)OCC(C)C)c1ccccc1.[Cl-]. The van der Waals surface area contributed by atoms with E-state index in [9.17, 15) is 9.59 Å². The van der Waals surface area contributed by atoms with Crippen molar-refractivity contribution in [1.29, 1.82) is 0 Å². The molecule has 2 unspecified atom stereocenters. The summed E-state index contributed by atoms with van der Waals surface area (Å²) < 4.78 is 10.5. The molecule has 2 atom stereocenters. The summed E-state index contributed by atoms with van der Waals surface area (Å²) in [5, 5.41) is 0. The van der Waals surface area contributed by atoms with Gasteiger partial charge in [0.1, 0.15) is 12.0 Å². The Morgan fingerprint density at radius 3 is 1.83 bits per heavy atom. The number of carbonyl (C=O) groups excluding carboxylic acids is 2. The van der Waals surface area contributed by atoms with Gasteiger partial charge in [-0.15, -0.1) is 0 Å². The Bertz CT molecular complexity index is 505. The molecule has 0 saturated heterocycles. The standard InChI is InChI=1S/C18H27NO4.ClH/c1-12(2)10-22-17(20)15(14-8-6-5-7-9-14)16(19)18(21)23-11-13(3)4;/h5-9,12-13,15-16H,10-11,19H2,1-4H3;1H/p-1. The number of hydrogen-bond acceptors (Lipinski definition) is 5. The quantitative estimate of drug-likeness (QED) is 0.635. The molecular formula is C18H27ClNO4-. The van der Waals surface area contributed by atoms with Crippen LogP contribution in [0.25, 0.3) is 0 Å². The van der Waals surface area contributed by atoms with E-state index >= 15 is 0 Å². The van der Waals surface area contributed by atoms with Gasteiger partial charge < -0.3 is 27.6 Å². The largest absolute Gasteiger partial charge is 1.00 e. The van der Waals surface area contributed by atoms with E-state index in [0.717, 1.165) is 0 Å². The first-order chi connectivity index (χ1) is 10.8. The Hall–Kier alpha value is -1.59. The maximum Gasteiger partial charge on any atom is 0.324 e. The van der Waals surface area contributed by atoms with Crippen LogP contribution in [0.4, 0.5) is 0 Å². The number of benzene rings is 1. The molecular weight excluding hydrogens is 330 g/mol. The number of halogens is 1. The molecule has 0 saturated carbocycles. The van der Waals surface area contributed by atoms with Gasteiger partial charge in [0.05, 0.1) is 13.2 Å². The molecule has 0 spiro atoms. The summed E-state index contributed by atoms with van der Waals surface area (Å²) in [5.41, 5.74) is 6.66. The number of nitrogens with two attached hydrogens (primary N) is 1. The molecule has 1 rings (SSSR count). The number of ether oxygens (including phenoxy) is 2. The fourth-order valence-electron chi connectivity index (χ4n) is 1.97. The molecule has 2 N–H and O–H groups in total. The van der Waals surface area contributed by atoms with E-state index in [1.807, 2.05) is 33.8 Å². The van der Waals surface area contributed by atoms with Crippen molar-refractivity contribution in [2.24, 2.45) is 17.6 Å². The maximum atomic E-state index is 12.4. The van der Waals surface area contributed by atoms with Crippen LogP contribution in [0.3, 0.4) is 0 Å². The van der Waals surface area contributed by atoms with Crippen LogP contribution in [-0.2, 0) is 19.1 Å². The first-order valence-corrected chi connectivity index (χ1v) is 7.96. The third-order valence-corrected chi connectivity index (χ3v) is 3.16. The first kappa shape index (κ1) is 22.4. The number of rotatable bonds is 8. The molecule has 0 aliphatic carbocycles. The van der Waals surface area contributed by atoms with E-state index < -0.39 is 23.9 Å².